The molecule has 2 saturated heterocycles. The summed E-state index contributed by atoms with van der Waals surface area (Å²) in [7, 11) is 0. The van der Waals surface area contributed by atoms with Crippen LogP contribution in [0.5, 0.6) is 0 Å². The van der Waals surface area contributed by atoms with Gasteiger partial charge in [-0.3, -0.25) is 14.4 Å². The van der Waals surface area contributed by atoms with E-state index in [2.05, 4.69) is 29.8 Å². The van der Waals surface area contributed by atoms with Gasteiger partial charge in [-0.15, -0.1) is 0 Å². The Balaban J connectivity index is 1.71. The molecule has 3 atom stereocenters. The van der Waals surface area contributed by atoms with E-state index in [1.54, 1.807) is 0 Å². The number of carbonyl (C=O) groups is 3. The second-order valence-corrected chi connectivity index (χ2v) is 10.1. The van der Waals surface area contributed by atoms with Crippen molar-refractivity contribution in [3.8, 4) is 0 Å². The summed E-state index contributed by atoms with van der Waals surface area (Å²) >= 11 is 0. The summed E-state index contributed by atoms with van der Waals surface area (Å²) < 4.78 is 22.1. The third kappa shape index (κ3) is 11.5. The number of nitrogens with zero attached hydrogens (tertiary/aromatic N) is 1. The predicted molar refractivity (Wildman–Crippen MR) is 134 cm³/mol. The van der Waals surface area contributed by atoms with Crippen LogP contribution in [-0.4, -0.2) is 113 Å². The highest BCUT2D eigenvalue weighted by molar-refractivity contribution is 5.89. The number of likely N-dealkylation sites (tertiary alicyclic amines) is 1. The lowest BCUT2D eigenvalue weighted by Gasteiger charge is -2.24. The number of amides is 2. The van der Waals surface area contributed by atoms with Crippen molar-refractivity contribution in [2.75, 3.05) is 72.4 Å². The van der Waals surface area contributed by atoms with Crippen LogP contribution in [0.3, 0.4) is 0 Å². The molecule has 0 bridgehead atoms. The van der Waals surface area contributed by atoms with E-state index in [1.807, 2.05) is 13.8 Å². The molecule has 0 aromatic heterocycles. The van der Waals surface area contributed by atoms with Crippen molar-refractivity contribution in [3.05, 3.63) is 0 Å². The normalized spacial score (nSPS) is 21.9. The van der Waals surface area contributed by atoms with E-state index >= 15 is 0 Å². The Morgan fingerprint density at radius 2 is 1.69 bits per heavy atom. The molecule has 2 amide bonds. The number of rotatable bonds is 17. The molecule has 3 N–H and O–H groups in total. The van der Waals surface area contributed by atoms with Crippen LogP contribution in [0.15, 0.2) is 0 Å². The maximum Gasteiger partial charge on any atom is 0.310 e. The van der Waals surface area contributed by atoms with Gasteiger partial charge in [-0.25, -0.2) is 0 Å². The molecule has 0 radical (unpaired) electrons. The van der Waals surface area contributed by atoms with Crippen LogP contribution in [0.4, 0.5) is 0 Å². The van der Waals surface area contributed by atoms with Gasteiger partial charge in [0.15, 0.2) is 0 Å². The molecule has 0 spiro atoms. The molecular formula is C25H46N4O7. The summed E-state index contributed by atoms with van der Waals surface area (Å²) in [6.07, 6.45) is 0.525. The van der Waals surface area contributed by atoms with Crippen molar-refractivity contribution in [3.63, 3.8) is 0 Å². The molecule has 0 aliphatic carbocycles. The van der Waals surface area contributed by atoms with Gasteiger partial charge in [-0.05, 0) is 18.9 Å². The molecule has 0 aromatic carbocycles. The average Bonchev–Trinajstić information content (AvgIpc) is 3.51. The van der Waals surface area contributed by atoms with Crippen LogP contribution in [0.25, 0.3) is 0 Å². The predicted octanol–water partition coefficient (Wildman–Crippen LogP) is -0.0714. The number of ether oxygens (including phenoxy) is 4. The van der Waals surface area contributed by atoms with Crippen LogP contribution in [-0.2, 0) is 33.3 Å². The van der Waals surface area contributed by atoms with Crippen molar-refractivity contribution in [2.45, 2.75) is 58.7 Å². The minimum atomic E-state index is -0.682. The first-order chi connectivity index (χ1) is 17.3. The number of hydrogen-bond acceptors (Lipinski definition) is 9. The largest absolute Gasteiger partial charge is 0.460 e. The fourth-order valence-electron chi connectivity index (χ4n) is 4.05. The van der Waals surface area contributed by atoms with Crippen molar-refractivity contribution in [1.82, 2.24) is 20.9 Å². The van der Waals surface area contributed by atoms with Crippen molar-refractivity contribution in [1.29, 1.82) is 0 Å². The molecule has 2 heterocycles. The van der Waals surface area contributed by atoms with E-state index in [9.17, 15) is 14.4 Å². The first-order valence-corrected chi connectivity index (χ1v) is 13.2. The minimum absolute atomic E-state index is 0.165. The van der Waals surface area contributed by atoms with Crippen LogP contribution in [0.1, 0.15) is 40.5 Å². The highest BCUT2D eigenvalue weighted by Gasteiger charge is 2.42. The zero-order valence-electron chi connectivity index (χ0n) is 22.4. The fourth-order valence-corrected chi connectivity index (χ4v) is 4.05. The van der Waals surface area contributed by atoms with Crippen LogP contribution in [0, 0.1) is 11.8 Å². The molecule has 0 aromatic rings. The van der Waals surface area contributed by atoms with E-state index in [0.29, 0.717) is 45.6 Å². The molecule has 3 unspecified atom stereocenters. The molecule has 2 fully saturated rings. The quantitative estimate of drug-likeness (QED) is 0.181. The van der Waals surface area contributed by atoms with Gasteiger partial charge in [0.2, 0.25) is 11.8 Å². The molecule has 0 saturated carbocycles. The highest BCUT2D eigenvalue weighted by atomic mass is 16.6. The van der Waals surface area contributed by atoms with Gasteiger partial charge in [0.25, 0.3) is 0 Å². The summed E-state index contributed by atoms with van der Waals surface area (Å²) in [6, 6.07) is -0.247. The first kappa shape index (κ1) is 30.4. The molecule has 36 heavy (non-hydrogen) atoms. The van der Waals surface area contributed by atoms with Gasteiger partial charge in [0.05, 0.1) is 45.5 Å². The van der Waals surface area contributed by atoms with Gasteiger partial charge >= 0.3 is 5.97 Å². The van der Waals surface area contributed by atoms with Crippen molar-refractivity contribution >= 4 is 17.8 Å². The van der Waals surface area contributed by atoms with Crippen LogP contribution < -0.4 is 16.0 Å². The van der Waals surface area contributed by atoms with Gasteiger partial charge in [-0.2, -0.15) is 0 Å². The highest BCUT2D eigenvalue weighted by Crippen LogP contribution is 2.23. The Bertz CT molecular complexity index is 671. The molecule has 11 heteroatoms. The lowest BCUT2D eigenvalue weighted by molar-refractivity contribution is -0.153. The van der Waals surface area contributed by atoms with Crippen LogP contribution in [0.2, 0.25) is 0 Å². The number of nitrogens with one attached hydrogen (secondary N) is 3. The Hall–Kier alpha value is -1.79. The molecule has 2 aliphatic heterocycles. The Kier molecular flexibility index (Phi) is 14.3. The van der Waals surface area contributed by atoms with Gasteiger partial charge < -0.3 is 39.8 Å². The maximum absolute atomic E-state index is 12.9. The topological polar surface area (TPSA) is 127 Å². The second-order valence-electron chi connectivity index (χ2n) is 10.1. The maximum atomic E-state index is 12.9. The minimum Gasteiger partial charge on any atom is -0.460 e. The number of carbonyl (C=O) groups excluding carboxylic acids is 3. The van der Waals surface area contributed by atoms with Crippen molar-refractivity contribution < 1.29 is 33.3 Å². The van der Waals surface area contributed by atoms with E-state index in [0.717, 1.165) is 19.5 Å². The molecule has 2 aliphatic rings. The molecule has 11 nitrogen and oxygen atoms in total. The SMILES string of the molecule is CC(C)CNC(=O)C1CC(OC(=O)C2CCNC2)CN1C(=O)COCCOCCOCCNC(C)C. The van der Waals surface area contributed by atoms with E-state index in [4.69, 9.17) is 18.9 Å². The van der Waals surface area contributed by atoms with Gasteiger partial charge in [-0.1, -0.05) is 27.7 Å². The summed E-state index contributed by atoms with van der Waals surface area (Å²) in [6.45, 7) is 13.1. The lowest BCUT2D eigenvalue weighted by Crippen LogP contribution is -2.47. The smallest absolute Gasteiger partial charge is 0.310 e. The fraction of sp³-hybridized carbons (Fsp3) is 0.880. The summed E-state index contributed by atoms with van der Waals surface area (Å²) in [5.41, 5.74) is 0. The zero-order chi connectivity index (χ0) is 26.3. The third-order valence-corrected chi connectivity index (χ3v) is 6.02. The molecular weight excluding hydrogens is 468 g/mol. The Morgan fingerprint density at radius 3 is 2.33 bits per heavy atom. The van der Waals surface area contributed by atoms with Gasteiger partial charge in [0.1, 0.15) is 18.8 Å². The summed E-state index contributed by atoms with van der Waals surface area (Å²) in [4.78, 5) is 39.6. The monoisotopic (exact) mass is 514 g/mol. The van der Waals surface area contributed by atoms with E-state index < -0.39 is 12.1 Å². The summed E-state index contributed by atoms with van der Waals surface area (Å²) in [5, 5.41) is 9.31. The molecule has 208 valence electrons. The average molecular weight is 515 g/mol. The molecule has 2 rings (SSSR count). The number of esters is 1. The van der Waals surface area contributed by atoms with Crippen LogP contribution >= 0.6 is 0 Å². The number of hydrogen-bond donors (Lipinski definition) is 3. The standard InChI is InChI=1S/C25H46N4O7/c1-18(2)14-28-24(31)22-13-21(36-25(32)20-5-6-26-15-20)16-29(22)23(30)17-35-12-11-34-10-9-33-8-7-27-19(3)4/h18-22,26-27H,5-17H2,1-4H3,(H,28,31). The second kappa shape index (κ2) is 16.9. The van der Waals surface area contributed by atoms with E-state index in [1.165, 1.54) is 4.90 Å². The summed E-state index contributed by atoms with van der Waals surface area (Å²) in [5.74, 6) is -0.692. The van der Waals surface area contributed by atoms with Gasteiger partial charge in [0, 0.05) is 32.1 Å². The first-order valence-electron chi connectivity index (χ1n) is 13.2. The Morgan fingerprint density at radius 1 is 1.00 bits per heavy atom. The lowest BCUT2D eigenvalue weighted by atomic mass is 10.1. The van der Waals surface area contributed by atoms with Crippen molar-refractivity contribution in [2.24, 2.45) is 11.8 Å². The third-order valence-electron chi connectivity index (χ3n) is 6.02. The Labute approximate surface area is 215 Å². The van der Waals surface area contributed by atoms with E-state index in [-0.39, 0.29) is 55.8 Å². The zero-order valence-corrected chi connectivity index (χ0v) is 22.4.